The summed E-state index contributed by atoms with van der Waals surface area (Å²) in [5.41, 5.74) is 11.8. The van der Waals surface area contributed by atoms with Gasteiger partial charge in [0.05, 0.1) is 113 Å². The molecule has 0 radical (unpaired) electrons. The molecule has 0 spiro atoms. The Kier molecular flexibility index (Phi) is 32.5. The lowest BCUT2D eigenvalue weighted by Gasteiger charge is -2.36. The number of aromatic nitrogens is 12. The normalized spacial score (nSPS) is 16.2. The van der Waals surface area contributed by atoms with Crippen LogP contribution in [0.2, 0.25) is 30.1 Å². The summed E-state index contributed by atoms with van der Waals surface area (Å²) in [7, 11) is -4.30. The molecular weight excluding hydrogens is 1820 g/mol. The molecule has 4 aromatic carbocycles. The van der Waals surface area contributed by atoms with Gasteiger partial charge in [-0.05, 0) is 140 Å². The second kappa shape index (κ2) is 43.3. The molecule has 4 aliphatic rings. The summed E-state index contributed by atoms with van der Waals surface area (Å²) in [4.78, 5) is 94.5. The van der Waals surface area contributed by atoms with Gasteiger partial charge < -0.3 is 26.2 Å². The molecule has 4 N–H and O–H groups in total. The van der Waals surface area contributed by atoms with Crippen molar-refractivity contribution < 1.29 is 32.4 Å². The maximum Gasteiger partial charge on any atom is 0.258 e. The van der Waals surface area contributed by atoms with Gasteiger partial charge in [-0.15, -0.1) is 0 Å². The molecule has 4 saturated heterocycles. The molecule has 2 atom stereocenters. The number of carbonyl (C=O) groups excluding carboxylic acids is 5. The van der Waals surface area contributed by atoms with Gasteiger partial charge in [0.15, 0.2) is 22.6 Å². The van der Waals surface area contributed by atoms with E-state index in [2.05, 4.69) is 112 Å². The van der Waals surface area contributed by atoms with Gasteiger partial charge in [-0.1, -0.05) is 105 Å². The van der Waals surface area contributed by atoms with Crippen molar-refractivity contribution in [3.05, 3.63) is 208 Å². The fourth-order valence-electron chi connectivity index (χ4n) is 15.9. The van der Waals surface area contributed by atoms with Gasteiger partial charge in [-0.2, -0.15) is 20.4 Å². The topological polar surface area (TPSA) is 316 Å². The lowest BCUT2D eigenvalue weighted by atomic mass is 10.2. The number of amides is 5. The monoisotopic (exact) mass is 1920 g/mol. The number of pyridine rings is 4. The first-order chi connectivity index (χ1) is 61.9. The molecule has 16 rings (SSSR count). The first kappa shape index (κ1) is 97.7. The van der Waals surface area contributed by atoms with E-state index in [-0.39, 0.29) is 35.1 Å². The second-order valence-corrected chi connectivity index (χ2v) is 40.6. The Morgan fingerprint density at radius 1 is 0.354 bits per heavy atom. The Balaban J connectivity index is 0.000000148. The lowest BCUT2D eigenvalue weighted by Crippen LogP contribution is -2.49. The number of nitrogens with zero attached hydrogens (tertiary/aromatic N) is 20. The van der Waals surface area contributed by atoms with E-state index in [1.807, 2.05) is 122 Å². The van der Waals surface area contributed by atoms with E-state index >= 15 is 0 Å². The summed E-state index contributed by atoms with van der Waals surface area (Å²) < 4.78 is 35.6. The van der Waals surface area contributed by atoms with Gasteiger partial charge in [-0.3, -0.25) is 56.9 Å². The van der Waals surface area contributed by atoms with Gasteiger partial charge >= 0.3 is 0 Å². The number of anilines is 4. The minimum Gasteiger partial charge on any atom is -0.340 e. The molecule has 4 fully saturated rings. The third-order valence-electron chi connectivity index (χ3n) is 23.5. The number of rotatable bonds is 23. The molecule has 4 aliphatic heterocycles. The van der Waals surface area contributed by atoms with Crippen LogP contribution in [0.1, 0.15) is 96.1 Å². The number of fused-ring (bicyclic) bond motifs is 4. The molecule has 2 unspecified atom stereocenters. The molecule has 12 heterocycles. The molecule has 0 aliphatic carbocycles. The average Bonchev–Trinajstić information content (AvgIpc) is 1.63. The van der Waals surface area contributed by atoms with Crippen molar-refractivity contribution in [1.29, 1.82) is 0 Å². The Morgan fingerprint density at radius 2 is 0.585 bits per heavy atom. The fourth-order valence-corrected chi connectivity index (χ4v) is 19.4. The number of benzene rings is 4. The standard InChI is InChI=1S/C23H28Cl2N6O.C23H29ClN6O2S.C23H27ClN6O2.C22H26Cl2N6O2S/c1-15(2)30-11-8-29(9-12-30)10-13-31-22-20(16(3)28-31)21(25)19(14-26-22)23(32)27-18-6-4-17(24)5-7-18;1-16-5-7-18(8-6-16)26-23(31)19-15-25-22-20(21(19)24)17(2)27-30(22)14-11-28-9-12-29(13-10-28)33(3,4)32;1-15-4-6-18(7-5-15)26-23(32)19-14-25-22-20(21(19)24)16(2)27-30(22)13-10-28-8-11-29(12-9-28)17(3)31;1-15-19-20(24)18(22(31)26-17-6-4-16(23)5-7-17)14-25-21(19)30(27-15)13-10-28-8-11-29(12-9-28)33(2,3)32/h4-7,14-15H,8-13H2,1-3H3,(H,27,32);5-8,15H,3,9-14H2,1-2,4H3,(H,26,31);4-7,14H,8-13H2,1-3H3,(H,26,32);4-7,14H,2,8-13H2,1,3H3,(H,26,31). The number of halogens is 6. The van der Waals surface area contributed by atoms with Crippen LogP contribution in [0.3, 0.4) is 0 Å². The van der Waals surface area contributed by atoms with Gasteiger partial charge in [0.1, 0.15) is 0 Å². The van der Waals surface area contributed by atoms with Crippen molar-refractivity contribution in [2.24, 2.45) is 0 Å². The van der Waals surface area contributed by atoms with Gasteiger partial charge in [-0.25, -0.2) is 47.3 Å². The predicted octanol–water partition coefficient (Wildman–Crippen LogP) is 13.5. The van der Waals surface area contributed by atoms with Gasteiger partial charge in [0, 0.05) is 233 Å². The van der Waals surface area contributed by atoms with Gasteiger partial charge in [0.2, 0.25) is 5.91 Å². The van der Waals surface area contributed by atoms with E-state index in [1.165, 1.54) is 24.8 Å². The highest BCUT2D eigenvalue weighted by Crippen LogP contribution is 2.35. The zero-order chi connectivity index (χ0) is 93.2. The Labute approximate surface area is 788 Å². The van der Waals surface area contributed by atoms with Crippen molar-refractivity contribution >= 4 is 197 Å². The summed E-state index contributed by atoms with van der Waals surface area (Å²) in [5.74, 6) is 6.40. The third kappa shape index (κ3) is 24.4. The number of aryl methyl sites for hydroxylation is 6. The van der Waals surface area contributed by atoms with Crippen molar-refractivity contribution in [3.63, 3.8) is 0 Å². The van der Waals surface area contributed by atoms with Crippen molar-refractivity contribution in [2.75, 3.05) is 165 Å². The average molecular weight is 1930 g/mol. The molecule has 130 heavy (non-hydrogen) atoms. The minimum atomic E-state index is -2.15. The Hall–Kier alpha value is -9.79. The zero-order valence-corrected chi connectivity index (χ0v) is 81.1. The number of hydrogen-bond acceptors (Lipinski definition) is 20. The van der Waals surface area contributed by atoms with Crippen LogP contribution in [0.5, 0.6) is 0 Å². The van der Waals surface area contributed by atoms with Crippen LogP contribution in [-0.2, 0) is 50.4 Å². The van der Waals surface area contributed by atoms with E-state index < -0.39 is 19.4 Å². The van der Waals surface area contributed by atoms with Crippen molar-refractivity contribution in [1.82, 2.24) is 97.1 Å². The first-order valence-electron chi connectivity index (χ1n) is 42.9. The summed E-state index contributed by atoms with van der Waals surface area (Å²) in [6.45, 7) is 37.2. The first-order valence-corrected chi connectivity index (χ1v) is 49.4. The summed E-state index contributed by atoms with van der Waals surface area (Å²) >= 11 is 38.4. The van der Waals surface area contributed by atoms with Crippen LogP contribution in [0.25, 0.3) is 44.1 Å². The van der Waals surface area contributed by atoms with Crippen LogP contribution in [0.4, 0.5) is 22.7 Å². The summed E-state index contributed by atoms with van der Waals surface area (Å²) in [6, 6.07) is 29.5. The number of nitrogens with one attached hydrogen (secondary N) is 4. The zero-order valence-electron chi connectivity index (χ0n) is 74.9. The minimum absolute atomic E-state index is 0.124. The van der Waals surface area contributed by atoms with E-state index in [0.29, 0.717) is 134 Å². The molecule has 12 aromatic rings. The molecule has 31 nitrogen and oxygen atoms in total. The highest BCUT2D eigenvalue weighted by Gasteiger charge is 2.30. The summed E-state index contributed by atoms with van der Waals surface area (Å²) in [6.07, 6.45) is 9.40. The maximum atomic E-state index is 12.8. The van der Waals surface area contributed by atoms with Gasteiger partial charge in [0.25, 0.3) is 23.6 Å². The predicted molar refractivity (Wildman–Crippen MR) is 526 cm³/mol. The quantitative estimate of drug-likeness (QED) is 0.0432. The highest BCUT2D eigenvalue weighted by atomic mass is 35.5. The number of carbonyl (C=O) groups is 5. The van der Waals surface area contributed by atoms with Crippen molar-refractivity contribution in [2.45, 2.75) is 94.5 Å². The summed E-state index contributed by atoms with van der Waals surface area (Å²) in [5, 5.41) is 35.3. The Morgan fingerprint density at radius 3 is 0.815 bits per heavy atom. The molecule has 690 valence electrons. The third-order valence-corrected chi connectivity index (χ3v) is 28.5. The molecule has 5 amide bonds. The van der Waals surface area contributed by atoms with Crippen LogP contribution in [0.15, 0.2) is 122 Å². The molecular formula is C91H110Cl6N24O7S2. The Bertz CT molecular complexity index is 6140. The van der Waals surface area contributed by atoms with E-state index in [1.54, 1.807) is 68.0 Å². The van der Waals surface area contributed by atoms with Crippen LogP contribution in [0, 0.1) is 41.5 Å². The lowest BCUT2D eigenvalue weighted by molar-refractivity contribution is -0.130. The number of piperazine rings is 4. The van der Waals surface area contributed by atoms with E-state index in [4.69, 9.17) is 69.6 Å². The highest BCUT2D eigenvalue weighted by molar-refractivity contribution is 7.97. The van der Waals surface area contributed by atoms with Crippen LogP contribution in [-0.4, -0.2) is 296 Å². The largest absolute Gasteiger partial charge is 0.340 e. The second-order valence-electron chi connectivity index (χ2n) is 33.3. The molecule has 8 aromatic heterocycles. The van der Waals surface area contributed by atoms with Crippen LogP contribution >= 0.6 is 69.6 Å². The number of hydrogen-bond donors (Lipinski definition) is 4. The maximum absolute atomic E-state index is 12.8. The molecule has 39 heteroatoms. The van der Waals surface area contributed by atoms with Crippen molar-refractivity contribution in [3.8, 4) is 0 Å². The molecule has 0 bridgehead atoms. The van der Waals surface area contributed by atoms with Crippen LogP contribution < -0.4 is 21.3 Å². The molecule has 0 saturated carbocycles. The fraction of sp³-hybridized carbons (Fsp3) is 0.396. The van der Waals surface area contributed by atoms with E-state index in [9.17, 15) is 32.4 Å². The smallest absolute Gasteiger partial charge is 0.258 e. The van der Waals surface area contributed by atoms with E-state index in [0.717, 1.165) is 177 Å². The SMILES string of the molecule is C=S(C)(=O)N1CCN(CCn2nc(C)c3c(Cl)c(C(=O)Nc4ccc(C)cc4)cnc32)CC1.C=S(C)(=O)N1CCN(CCn2nc(C)c3c(Cl)c(C(=O)Nc4ccc(Cl)cc4)cnc32)CC1.CC(=O)N1CCN(CCn2nc(C)c3c(Cl)c(C(=O)Nc4ccc(C)cc4)cnc32)CC1.Cc1nn(CCN2CCN(C(C)C)CC2)c2ncc(C(=O)Nc3ccc(Cl)cc3)c(Cl)c12.